The number of hydrogen-bond acceptors (Lipinski definition) is 8. The molecule has 2 heterocycles. The van der Waals surface area contributed by atoms with Crippen molar-refractivity contribution in [3.8, 4) is 40.2 Å². The van der Waals surface area contributed by atoms with Crippen molar-refractivity contribution in [2.75, 3.05) is 41.4 Å². The fourth-order valence-corrected chi connectivity index (χ4v) is 6.58. The van der Waals surface area contributed by atoms with Crippen molar-refractivity contribution in [2.45, 2.75) is 37.8 Å². The number of methoxy groups -OCH3 is 2. The molecule has 0 amide bonds. The number of aromatic hydroxyl groups is 3. The van der Waals surface area contributed by atoms with Gasteiger partial charge in [0.05, 0.1) is 14.2 Å². The molecule has 0 spiro atoms. The Bertz CT molecular complexity index is 1650. The van der Waals surface area contributed by atoms with Crippen LogP contribution in [0, 0.1) is 0 Å². The maximum absolute atomic E-state index is 11.1. The van der Waals surface area contributed by atoms with E-state index in [-0.39, 0.29) is 29.3 Å². The quantitative estimate of drug-likeness (QED) is 0.223. The Morgan fingerprint density at radius 1 is 0.659 bits per heavy atom. The van der Waals surface area contributed by atoms with E-state index in [2.05, 4.69) is 36.0 Å². The lowest BCUT2D eigenvalue weighted by atomic mass is 9.88. The van der Waals surface area contributed by atoms with Crippen molar-refractivity contribution in [3.63, 3.8) is 0 Å². The summed E-state index contributed by atoms with van der Waals surface area (Å²) in [7, 11) is 7.40. The van der Waals surface area contributed by atoms with Gasteiger partial charge < -0.3 is 29.5 Å². The predicted molar refractivity (Wildman–Crippen MR) is 169 cm³/mol. The van der Waals surface area contributed by atoms with Crippen LogP contribution >= 0.6 is 0 Å². The molecule has 2 aliphatic heterocycles. The van der Waals surface area contributed by atoms with Gasteiger partial charge >= 0.3 is 0 Å². The number of likely N-dealkylation sites (N-methyl/N-ethyl adjacent to an activating group) is 2. The van der Waals surface area contributed by atoms with Gasteiger partial charge in [-0.25, -0.2) is 0 Å². The van der Waals surface area contributed by atoms with Crippen molar-refractivity contribution >= 4 is 0 Å². The molecule has 8 nitrogen and oxygen atoms in total. The number of nitrogens with zero attached hydrogens (tertiary/aromatic N) is 2. The maximum atomic E-state index is 11.1. The van der Waals surface area contributed by atoms with Crippen molar-refractivity contribution in [2.24, 2.45) is 0 Å². The highest BCUT2D eigenvalue weighted by Crippen LogP contribution is 2.43. The third-order valence-corrected chi connectivity index (χ3v) is 9.18. The Kier molecular flexibility index (Phi) is 8.29. The number of benzene rings is 4. The highest BCUT2D eigenvalue weighted by atomic mass is 16.5. The molecule has 2 aliphatic rings. The first kappa shape index (κ1) is 29.7. The molecule has 0 saturated heterocycles. The summed E-state index contributed by atoms with van der Waals surface area (Å²) >= 11 is 0. The van der Waals surface area contributed by atoms with Crippen LogP contribution < -0.4 is 14.2 Å². The number of rotatable bonds is 8. The standard InChI is InChI=1S/C36H40N2O6/c1-37-13-12-24-18-35(43-4)36(21-29(24)30(37)15-22-5-8-26(39)9-6-22)44-27-10-7-25(32(40)19-27)16-31-28-20-33(41)34(42-3)17-23(28)11-14-38(31)2/h5-10,17-21,30-31,39-41H,11-16H2,1-4H3. The Morgan fingerprint density at radius 3 is 1.91 bits per heavy atom. The van der Waals surface area contributed by atoms with Crippen LogP contribution in [0.4, 0.5) is 0 Å². The number of fused-ring (bicyclic) bond motifs is 2. The average molecular weight is 597 g/mol. The molecule has 230 valence electrons. The number of hydrogen-bond donors (Lipinski definition) is 3. The second kappa shape index (κ2) is 12.3. The van der Waals surface area contributed by atoms with Crippen LogP contribution in [0.25, 0.3) is 0 Å². The highest BCUT2D eigenvalue weighted by molar-refractivity contribution is 5.53. The molecule has 2 unspecified atom stereocenters. The van der Waals surface area contributed by atoms with Gasteiger partial charge in [-0.15, -0.1) is 0 Å². The van der Waals surface area contributed by atoms with Crippen LogP contribution in [0.1, 0.15) is 45.5 Å². The topological polar surface area (TPSA) is 94.9 Å². The number of phenols is 3. The summed E-state index contributed by atoms with van der Waals surface area (Å²) in [5.74, 6) is 2.77. The van der Waals surface area contributed by atoms with Gasteiger partial charge in [-0.2, -0.15) is 0 Å². The van der Waals surface area contributed by atoms with Gasteiger partial charge in [0.15, 0.2) is 23.0 Å². The molecule has 6 rings (SSSR count). The Balaban J connectivity index is 1.25. The maximum Gasteiger partial charge on any atom is 0.169 e. The van der Waals surface area contributed by atoms with Crippen molar-refractivity contribution in [1.29, 1.82) is 0 Å². The summed E-state index contributed by atoms with van der Waals surface area (Å²) < 4.78 is 17.4. The summed E-state index contributed by atoms with van der Waals surface area (Å²) in [4.78, 5) is 4.60. The minimum Gasteiger partial charge on any atom is -0.508 e. The molecule has 4 aromatic carbocycles. The average Bonchev–Trinajstić information content (AvgIpc) is 3.01. The fraction of sp³-hybridized carbons (Fsp3) is 0.333. The van der Waals surface area contributed by atoms with E-state index in [1.54, 1.807) is 38.5 Å². The largest absolute Gasteiger partial charge is 0.508 e. The molecule has 0 fully saturated rings. The smallest absolute Gasteiger partial charge is 0.169 e. The second-order valence-electron chi connectivity index (χ2n) is 11.9. The van der Waals surface area contributed by atoms with Crippen LogP contribution in [0.3, 0.4) is 0 Å². The molecule has 2 atom stereocenters. The highest BCUT2D eigenvalue weighted by Gasteiger charge is 2.29. The third-order valence-electron chi connectivity index (χ3n) is 9.18. The molecule has 0 saturated carbocycles. The first-order chi connectivity index (χ1) is 21.2. The first-order valence-electron chi connectivity index (χ1n) is 15.0. The zero-order valence-electron chi connectivity index (χ0n) is 25.7. The Morgan fingerprint density at radius 2 is 1.27 bits per heavy atom. The number of ether oxygens (including phenoxy) is 3. The molecule has 8 heteroatoms. The van der Waals surface area contributed by atoms with Crippen LogP contribution in [-0.4, -0.2) is 66.5 Å². The van der Waals surface area contributed by atoms with E-state index in [0.29, 0.717) is 29.4 Å². The summed E-state index contributed by atoms with van der Waals surface area (Å²) in [6.45, 7) is 1.80. The molecule has 3 N–H and O–H groups in total. The lowest BCUT2D eigenvalue weighted by Crippen LogP contribution is -2.33. The van der Waals surface area contributed by atoms with Gasteiger partial charge in [-0.1, -0.05) is 18.2 Å². The van der Waals surface area contributed by atoms with E-state index in [4.69, 9.17) is 14.2 Å². The van der Waals surface area contributed by atoms with Crippen LogP contribution in [0.5, 0.6) is 40.2 Å². The summed E-state index contributed by atoms with van der Waals surface area (Å²) in [6.07, 6.45) is 3.16. The molecule has 0 aromatic heterocycles. The number of phenolic OH excluding ortho intramolecular Hbond substituents is 3. The van der Waals surface area contributed by atoms with E-state index in [1.807, 2.05) is 30.3 Å². The van der Waals surface area contributed by atoms with Crippen LogP contribution in [0.2, 0.25) is 0 Å². The molecular formula is C36H40N2O6. The summed E-state index contributed by atoms with van der Waals surface area (Å²) in [5.41, 5.74) is 6.55. The third kappa shape index (κ3) is 5.87. The Labute approximate surface area is 258 Å². The van der Waals surface area contributed by atoms with Crippen molar-refractivity contribution in [3.05, 3.63) is 100 Å². The molecule has 0 bridgehead atoms. The summed E-state index contributed by atoms with van der Waals surface area (Å²) in [5, 5.41) is 31.3. The zero-order valence-corrected chi connectivity index (χ0v) is 25.7. The first-order valence-corrected chi connectivity index (χ1v) is 15.0. The van der Waals surface area contributed by atoms with Gasteiger partial charge in [-0.05, 0) is 116 Å². The Hall–Kier alpha value is -4.40. The minimum atomic E-state index is -0.00327. The van der Waals surface area contributed by atoms with E-state index in [9.17, 15) is 15.3 Å². The van der Waals surface area contributed by atoms with E-state index in [0.717, 1.165) is 54.6 Å². The lowest BCUT2D eigenvalue weighted by molar-refractivity contribution is 0.227. The molecule has 0 radical (unpaired) electrons. The van der Waals surface area contributed by atoms with E-state index in [1.165, 1.54) is 11.1 Å². The monoisotopic (exact) mass is 596 g/mol. The SMILES string of the molecule is COc1cc2c(cc1O)C(Cc1ccc(Oc3cc4c(cc3OC)CCN(C)C4Cc3ccc(O)cc3)cc1O)N(C)CC2. The lowest BCUT2D eigenvalue weighted by Gasteiger charge is -2.35. The van der Waals surface area contributed by atoms with Gasteiger partial charge in [0.25, 0.3) is 0 Å². The van der Waals surface area contributed by atoms with Gasteiger partial charge in [0, 0.05) is 31.2 Å². The molecule has 4 aromatic rings. The van der Waals surface area contributed by atoms with E-state index >= 15 is 0 Å². The molecular weight excluding hydrogens is 556 g/mol. The summed E-state index contributed by atoms with van der Waals surface area (Å²) in [6, 6.07) is 20.8. The predicted octanol–water partition coefficient (Wildman–Crippen LogP) is 6.16. The van der Waals surface area contributed by atoms with Gasteiger partial charge in [-0.3, -0.25) is 9.80 Å². The molecule has 44 heavy (non-hydrogen) atoms. The normalized spacial score (nSPS) is 18.4. The molecule has 0 aliphatic carbocycles. The van der Waals surface area contributed by atoms with Gasteiger partial charge in [0.2, 0.25) is 0 Å². The zero-order chi connectivity index (χ0) is 31.0. The van der Waals surface area contributed by atoms with Crippen LogP contribution in [0.15, 0.2) is 66.7 Å². The van der Waals surface area contributed by atoms with Crippen molar-refractivity contribution in [1.82, 2.24) is 9.80 Å². The van der Waals surface area contributed by atoms with Crippen LogP contribution in [-0.2, 0) is 25.7 Å². The van der Waals surface area contributed by atoms with E-state index < -0.39 is 0 Å². The fourth-order valence-electron chi connectivity index (χ4n) is 6.58. The minimum absolute atomic E-state index is 0.00327. The second-order valence-corrected chi connectivity index (χ2v) is 11.9. The van der Waals surface area contributed by atoms with Crippen molar-refractivity contribution < 1.29 is 29.5 Å². The van der Waals surface area contributed by atoms with Gasteiger partial charge in [0.1, 0.15) is 17.2 Å².